The summed E-state index contributed by atoms with van der Waals surface area (Å²) in [5, 5.41) is 11.1. The zero-order valence-corrected chi connectivity index (χ0v) is 16.6. The largest absolute Gasteiger partial charge is 0.355 e. The number of carbonyl (C=O) groups excluding carboxylic acids is 1. The highest BCUT2D eigenvalue weighted by Gasteiger charge is 2.27. The molecule has 0 aliphatic carbocycles. The first kappa shape index (κ1) is 21.0. The van der Waals surface area contributed by atoms with Crippen molar-refractivity contribution in [1.82, 2.24) is 20.4 Å². The van der Waals surface area contributed by atoms with Crippen molar-refractivity contribution in [2.45, 2.75) is 60.4 Å². The number of aromatic nitrogens is 2. The summed E-state index contributed by atoms with van der Waals surface area (Å²) in [5.41, 5.74) is 3.41. The van der Waals surface area contributed by atoms with Crippen molar-refractivity contribution in [1.29, 1.82) is 0 Å². The van der Waals surface area contributed by atoms with Crippen LogP contribution < -0.4 is 10.6 Å². The van der Waals surface area contributed by atoms with Gasteiger partial charge < -0.3 is 10.6 Å². The molecule has 0 spiro atoms. The average Bonchev–Trinajstić information content (AvgIpc) is 2.73. The fourth-order valence-corrected chi connectivity index (χ4v) is 3.26. The second-order valence-corrected chi connectivity index (χ2v) is 7.74. The monoisotopic (exact) mass is 356 g/mol. The van der Waals surface area contributed by atoms with Crippen LogP contribution in [0.3, 0.4) is 0 Å². The third-order valence-corrected chi connectivity index (χ3v) is 4.93. The van der Waals surface area contributed by atoms with E-state index in [9.17, 15) is 4.79 Å². The van der Waals surface area contributed by atoms with E-state index in [-0.39, 0.29) is 23.7 Å². The average molecular weight is 357 g/mol. The van der Waals surface area contributed by atoms with Gasteiger partial charge in [0.2, 0.25) is 5.91 Å². The van der Waals surface area contributed by atoms with Crippen LogP contribution in [-0.4, -0.2) is 35.3 Å². The maximum atomic E-state index is 12.4. The van der Waals surface area contributed by atoms with Crippen LogP contribution in [0.2, 0.25) is 0 Å². The van der Waals surface area contributed by atoms with Crippen LogP contribution >= 0.6 is 12.4 Å². The topological polar surface area (TPSA) is 59.0 Å². The number of nitrogens with one attached hydrogen (secondary N) is 2. The Hall–Kier alpha value is -1.07. The molecule has 0 unspecified atom stereocenters. The van der Waals surface area contributed by atoms with Crippen molar-refractivity contribution in [2.24, 2.45) is 11.3 Å². The highest BCUT2D eigenvalue weighted by atomic mass is 35.5. The van der Waals surface area contributed by atoms with E-state index in [4.69, 9.17) is 0 Å². The summed E-state index contributed by atoms with van der Waals surface area (Å²) >= 11 is 0. The first-order valence-corrected chi connectivity index (χ1v) is 8.81. The molecule has 138 valence electrons. The van der Waals surface area contributed by atoms with Crippen molar-refractivity contribution in [2.75, 3.05) is 19.6 Å². The molecule has 2 N–H and O–H groups in total. The number of aryl methyl sites for hydroxylation is 1. The normalized spacial score (nSPS) is 16.8. The van der Waals surface area contributed by atoms with Crippen molar-refractivity contribution in [3.8, 4) is 0 Å². The molecule has 2 heterocycles. The maximum Gasteiger partial charge on any atom is 0.224 e. The Morgan fingerprint density at radius 2 is 1.96 bits per heavy atom. The molecule has 0 bridgehead atoms. The second kappa shape index (κ2) is 8.86. The molecule has 1 aliphatic heterocycles. The minimum atomic E-state index is 0. The Bertz CT molecular complexity index is 547. The van der Waals surface area contributed by atoms with Gasteiger partial charge in [-0.05, 0) is 51.1 Å². The summed E-state index contributed by atoms with van der Waals surface area (Å²) in [7, 11) is 0. The van der Waals surface area contributed by atoms with Crippen molar-refractivity contribution in [3.63, 3.8) is 0 Å². The van der Waals surface area contributed by atoms with Crippen LogP contribution in [0.25, 0.3) is 0 Å². The molecule has 1 saturated heterocycles. The maximum absolute atomic E-state index is 12.4. The molecule has 2 rings (SSSR count). The minimum absolute atomic E-state index is 0. The number of piperidine rings is 1. The van der Waals surface area contributed by atoms with Gasteiger partial charge >= 0.3 is 0 Å². The molecule has 0 aromatic carbocycles. The quantitative estimate of drug-likeness (QED) is 0.823. The molecule has 0 atom stereocenters. The lowest BCUT2D eigenvalue weighted by molar-refractivity contribution is -0.121. The van der Waals surface area contributed by atoms with Crippen LogP contribution in [0.15, 0.2) is 0 Å². The molecule has 24 heavy (non-hydrogen) atoms. The van der Waals surface area contributed by atoms with E-state index < -0.39 is 0 Å². The molecule has 1 aliphatic rings. The van der Waals surface area contributed by atoms with Crippen LogP contribution in [0.5, 0.6) is 0 Å². The smallest absolute Gasteiger partial charge is 0.224 e. The van der Waals surface area contributed by atoms with Gasteiger partial charge in [-0.3, -0.25) is 9.48 Å². The molecule has 6 heteroatoms. The van der Waals surface area contributed by atoms with Gasteiger partial charge in [-0.15, -0.1) is 12.4 Å². The Kier molecular flexibility index (Phi) is 7.74. The molecule has 1 amide bonds. The van der Waals surface area contributed by atoms with E-state index in [1.54, 1.807) is 0 Å². The predicted octanol–water partition coefficient (Wildman–Crippen LogP) is 2.63. The Labute approximate surface area is 152 Å². The van der Waals surface area contributed by atoms with Gasteiger partial charge in [-0.1, -0.05) is 20.8 Å². The van der Waals surface area contributed by atoms with Gasteiger partial charge in [0, 0.05) is 24.3 Å². The van der Waals surface area contributed by atoms with Gasteiger partial charge in [-0.2, -0.15) is 5.10 Å². The standard InChI is InChI=1S/C18H32N4O.ClH/c1-13(2)11-22-15(4)16(14(3)21-22)10-17(23)20-12-18(5)6-8-19-9-7-18;/h13,19H,6-12H2,1-5H3,(H,20,23);1H. The first-order valence-electron chi connectivity index (χ1n) is 8.81. The first-order chi connectivity index (χ1) is 10.8. The third kappa shape index (κ3) is 5.49. The highest BCUT2D eigenvalue weighted by Crippen LogP contribution is 2.26. The fourth-order valence-electron chi connectivity index (χ4n) is 3.26. The fraction of sp³-hybridized carbons (Fsp3) is 0.778. The predicted molar refractivity (Wildman–Crippen MR) is 101 cm³/mol. The minimum Gasteiger partial charge on any atom is -0.355 e. The molecule has 0 saturated carbocycles. The molecule has 1 aromatic heterocycles. The number of carbonyl (C=O) groups is 1. The summed E-state index contributed by atoms with van der Waals surface area (Å²) in [6.45, 7) is 14.5. The summed E-state index contributed by atoms with van der Waals surface area (Å²) in [6.07, 6.45) is 2.68. The number of nitrogens with zero attached hydrogens (tertiary/aromatic N) is 2. The zero-order chi connectivity index (χ0) is 17.0. The van der Waals surface area contributed by atoms with Crippen LogP contribution in [0.4, 0.5) is 0 Å². The lowest BCUT2D eigenvalue weighted by Crippen LogP contribution is -2.43. The van der Waals surface area contributed by atoms with E-state index in [1.807, 2.05) is 11.6 Å². The van der Waals surface area contributed by atoms with Crippen molar-refractivity contribution < 1.29 is 4.79 Å². The van der Waals surface area contributed by atoms with Crippen molar-refractivity contribution in [3.05, 3.63) is 17.0 Å². The summed E-state index contributed by atoms with van der Waals surface area (Å²) in [6, 6.07) is 0. The van der Waals surface area contributed by atoms with Gasteiger partial charge in [0.25, 0.3) is 0 Å². The third-order valence-electron chi connectivity index (χ3n) is 4.93. The molecule has 5 nitrogen and oxygen atoms in total. The Morgan fingerprint density at radius 3 is 2.54 bits per heavy atom. The Balaban J connectivity index is 0.00000288. The number of rotatable bonds is 6. The van der Waals surface area contributed by atoms with Crippen LogP contribution in [-0.2, 0) is 17.8 Å². The number of amides is 1. The van der Waals surface area contributed by atoms with E-state index >= 15 is 0 Å². The summed E-state index contributed by atoms with van der Waals surface area (Å²) < 4.78 is 2.04. The molecule has 1 aromatic rings. The van der Waals surface area contributed by atoms with Crippen molar-refractivity contribution >= 4 is 18.3 Å². The highest BCUT2D eigenvalue weighted by molar-refractivity contribution is 5.85. The summed E-state index contributed by atoms with van der Waals surface area (Å²) in [5.74, 6) is 0.662. The van der Waals surface area contributed by atoms with E-state index in [0.717, 1.165) is 56.0 Å². The van der Waals surface area contributed by atoms with Gasteiger partial charge in [0.05, 0.1) is 12.1 Å². The van der Waals surface area contributed by atoms with Crippen LogP contribution in [0.1, 0.15) is 50.6 Å². The van der Waals surface area contributed by atoms with Gasteiger partial charge in [-0.25, -0.2) is 0 Å². The lowest BCUT2D eigenvalue weighted by atomic mass is 9.81. The number of halogens is 1. The van der Waals surface area contributed by atoms with Gasteiger partial charge in [0.15, 0.2) is 0 Å². The summed E-state index contributed by atoms with van der Waals surface area (Å²) in [4.78, 5) is 12.4. The number of hydrogen-bond acceptors (Lipinski definition) is 3. The van der Waals surface area contributed by atoms with Crippen LogP contribution in [0, 0.1) is 25.2 Å². The van der Waals surface area contributed by atoms with E-state index in [1.165, 1.54) is 0 Å². The second-order valence-electron chi connectivity index (χ2n) is 7.74. The molecule has 0 radical (unpaired) electrons. The van der Waals surface area contributed by atoms with E-state index in [0.29, 0.717) is 12.3 Å². The number of hydrogen-bond donors (Lipinski definition) is 2. The van der Waals surface area contributed by atoms with Gasteiger partial charge in [0.1, 0.15) is 0 Å². The zero-order valence-electron chi connectivity index (χ0n) is 15.7. The Morgan fingerprint density at radius 1 is 1.33 bits per heavy atom. The van der Waals surface area contributed by atoms with E-state index in [2.05, 4.69) is 43.4 Å². The SMILES string of the molecule is Cc1nn(CC(C)C)c(C)c1CC(=O)NCC1(C)CCNCC1.Cl. The molecule has 1 fully saturated rings. The molecular weight excluding hydrogens is 324 g/mol. The lowest BCUT2D eigenvalue weighted by Gasteiger charge is -2.34. The molecular formula is C18H33ClN4O.